The average Bonchev–Trinajstić information content (AvgIpc) is 3.22. The molecule has 0 bridgehead atoms. The van der Waals surface area contributed by atoms with Gasteiger partial charge in [0, 0.05) is 24.1 Å². The van der Waals surface area contributed by atoms with Gasteiger partial charge in [0.05, 0.1) is 0 Å². The van der Waals surface area contributed by atoms with Crippen LogP contribution in [0.3, 0.4) is 0 Å². The van der Waals surface area contributed by atoms with Gasteiger partial charge >= 0.3 is 0 Å². The van der Waals surface area contributed by atoms with E-state index in [2.05, 4.69) is 0 Å². The average molecular weight is 275 g/mol. The highest BCUT2D eigenvalue weighted by molar-refractivity contribution is 5.39. The normalized spacial score (nSPS) is 36.5. The van der Waals surface area contributed by atoms with Crippen molar-refractivity contribution in [3.05, 3.63) is 29.6 Å². The molecule has 1 heterocycles. The minimum Gasteiger partial charge on any atom is -0.487 e. The Morgan fingerprint density at radius 2 is 2.00 bits per heavy atom. The van der Waals surface area contributed by atoms with E-state index in [9.17, 15) is 4.39 Å². The molecule has 2 unspecified atom stereocenters. The molecule has 2 fully saturated rings. The van der Waals surface area contributed by atoms with Crippen LogP contribution in [0.5, 0.6) is 5.75 Å². The number of hydrogen-bond donors (Lipinski definition) is 1. The lowest BCUT2D eigenvalue weighted by molar-refractivity contribution is -0.0209. The third-order valence-corrected chi connectivity index (χ3v) is 5.42. The van der Waals surface area contributed by atoms with Crippen molar-refractivity contribution in [2.45, 2.75) is 56.6 Å². The molecule has 2 nitrogen and oxygen atoms in total. The van der Waals surface area contributed by atoms with Crippen molar-refractivity contribution >= 4 is 0 Å². The SMILES string of the molecule is N[C@H]1CC2(CCCC(C3CC3)C2)Oc2cc(F)ccc21. The van der Waals surface area contributed by atoms with Gasteiger partial charge in [-0.05, 0) is 56.4 Å². The highest BCUT2D eigenvalue weighted by atomic mass is 19.1. The zero-order chi connectivity index (χ0) is 13.7. The fourth-order valence-electron chi connectivity index (χ4n) is 4.31. The van der Waals surface area contributed by atoms with Crippen LogP contribution in [0.1, 0.15) is 56.6 Å². The first-order chi connectivity index (χ1) is 9.65. The quantitative estimate of drug-likeness (QED) is 0.842. The van der Waals surface area contributed by atoms with E-state index >= 15 is 0 Å². The summed E-state index contributed by atoms with van der Waals surface area (Å²) in [4.78, 5) is 0. The van der Waals surface area contributed by atoms with Crippen molar-refractivity contribution in [2.75, 3.05) is 0 Å². The molecular weight excluding hydrogens is 253 g/mol. The number of benzene rings is 1. The van der Waals surface area contributed by atoms with Crippen LogP contribution in [0.25, 0.3) is 0 Å². The maximum absolute atomic E-state index is 13.5. The van der Waals surface area contributed by atoms with Crippen molar-refractivity contribution < 1.29 is 9.13 Å². The molecule has 20 heavy (non-hydrogen) atoms. The lowest BCUT2D eigenvalue weighted by Gasteiger charge is -2.46. The van der Waals surface area contributed by atoms with Gasteiger partial charge in [-0.1, -0.05) is 6.07 Å². The smallest absolute Gasteiger partial charge is 0.127 e. The summed E-state index contributed by atoms with van der Waals surface area (Å²) in [7, 11) is 0. The van der Waals surface area contributed by atoms with Crippen LogP contribution in [-0.2, 0) is 0 Å². The molecular formula is C17H22FNO. The molecule has 2 saturated carbocycles. The number of ether oxygens (including phenoxy) is 1. The van der Waals surface area contributed by atoms with Crippen molar-refractivity contribution in [2.24, 2.45) is 17.6 Å². The first kappa shape index (κ1) is 12.6. The van der Waals surface area contributed by atoms with Crippen molar-refractivity contribution in [1.82, 2.24) is 0 Å². The van der Waals surface area contributed by atoms with Crippen LogP contribution in [0.2, 0.25) is 0 Å². The Labute approximate surface area is 119 Å². The van der Waals surface area contributed by atoms with Gasteiger partial charge < -0.3 is 10.5 Å². The Hall–Kier alpha value is -1.09. The summed E-state index contributed by atoms with van der Waals surface area (Å²) in [6.45, 7) is 0. The summed E-state index contributed by atoms with van der Waals surface area (Å²) in [5.41, 5.74) is 7.17. The molecule has 3 heteroatoms. The molecule has 3 aliphatic rings. The van der Waals surface area contributed by atoms with Crippen LogP contribution in [0.15, 0.2) is 18.2 Å². The first-order valence-electron chi connectivity index (χ1n) is 7.89. The molecule has 1 aromatic carbocycles. The second-order valence-corrected chi connectivity index (χ2v) is 6.97. The number of hydrogen-bond acceptors (Lipinski definition) is 2. The van der Waals surface area contributed by atoms with Crippen LogP contribution in [-0.4, -0.2) is 5.60 Å². The molecule has 108 valence electrons. The van der Waals surface area contributed by atoms with Crippen LogP contribution in [0, 0.1) is 17.7 Å². The first-order valence-corrected chi connectivity index (χ1v) is 7.89. The highest BCUT2D eigenvalue weighted by Crippen LogP contribution is 2.52. The van der Waals surface area contributed by atoms with E-state index in [4.69, 9.17) is 10.5 Å². The van der Waals surface area contributed by atoms with Crippen LogP contribution < -0.4 is 10.5 Å². The van der Waals surface area contributed by atoms with Gasteiger partial charge in [-0.15, -0.1) is 0 Å². The molecule has 0 amide bonds. The van der Waals surface area contributed by atoms with E-state index in [0.29, 0.717) is 5.75 Å². The predicted molar refractivity (Wildman–Crippen MR) is 76.0 cm³/mol. The summed E-state index contributed by atoms with van der Waals surface area (Å²) >= 11 is 0. The third kappa shape index (κ3) is 2.12. The van der Waals surface area contributed by atoms with Crippen LogP contribution >= 0.6 is 0 Å². The van der Waals surface area contributed by atoms with E-state index in [1.54, 1.807) is 6.07 Å². The third-order valence-electron chi connectivity index (χ3n) is 5.42. The van der Waals surface area contributed by atoms with Gasteiger partial charge in [-0.2, -0.15) is 0 Å². The largest absolute Gasteiger partial charge is 0.487 e. The van der Waals surface area contributed by atoms with E-state index in [-0.39, 0.29) is 17.5 Å². The zero-order valence-electron chi connectivity index (χ0n) is 11.8. The van der Waals surface area contributed by atoms with Crippen molar-refractivity contribution in [1.29, 1.82) is 0 Å². The van der Waals surface area contributed by atoms with Gasteiger partial charge in [0.25, 0.3) is 0 Å². The van der Waals surface area contributed by atoms with Crippen molar-refractivity contribution in [3.8, 4) is 5.75 Å². The van der Waals surface area contributed by atoms with Gasteiger partial charge in [0.1, 0.15) is 17.2 Å². The van der Waals surface area contributed by atoms with E-state index in [1.807, 2.05) is 0 Å². The molecule has 1 aliphatic heterocycles. The molecule has 3 atom stereocenters. The lowest BCUT2D eigenvalue weighted by Crippen LogP contribution is -2.46. The van der Waals surface area contributed by atoms with E-state index in [0.717, 1.165) is 36.7 Å². The number of fused-ring (bicyclic) bond motifs is 1. The number of nitrogens with two attached hydrogens (primary N) is 1. The topological polar surface area (TPSA) is 35.2 Å². The van der Waals surface area contributed by atoms with Gasteiger partial charge in [-0.3, -0.25) is 0 Å². The highest BCUT2D eigenvalue weighted by Gasteiger charge is 2.46. The minimum atomic E-state index is -0.234. The number of rotatable bonds is 1. The molecule has 0 radical (unpaired) electrons. The van der Waals surface area contributed by atoms with E-state index in [1.165, 1.54) is 37.8 Å². The standard InChI is InChI=1S/C17H22FNO/c18-13-5-6-14-15(19)10-17(20-16(14)8-13)7-1-2-12(9-17)11-3-4-11/h5-6,8,11-12,15H,1-4,7,9-10,19H2/t12?,15-,17?/m0/s1. The molecule has 4 rings (SSSR count). The Morgan fingerprint density at radius 1 is 1.15 bits per heavy atom. The van der Waals surface area contributed by atoms with Crippen LogP contribution in [0.4, 0.5) is 4.39 Å². The molecule has 2 N–H and O–H groups in total. The Morgan fingerprint density at radius 3 is 2.80 bits per heavy atom. The molecule has 0 aromatic heterocycles. The van der Waals surface area contributed by atoms with Gasteiger partial charge in [0.15, 0.2) is 0 Å². The summed E-state index contributed by atoms with van der Waals surface area (Å²) in [5.74, 6) is 2.16. The zero-order valence-corrected chi connectivity index (χ0v) is 11.8. The molecule has 0 saturated heterocycles. The maximum atomic E-state index is 13.5. The monoisotopic (exact) mass is 275 g/mol. The predicted octanol–water partition coefficient (Wildman–Crippen LogP) is 3.95. The second kappa shape index (κ2) is 4.45. The Kier molecular flexibility index (Phi) is 2.81. The van der Waals surface area contributed by atoms with Gasteiger partial charge in [0.2, 0.25) is 0 Å². The fourth-order valence-corrected chi connectivity index (χ4v) is 4.31. The summed E-state index contributed by atoms with van der Waals surface area (Å²) in [5, 5.41) is 0. The maximum Gasteiger partial charge on any atom is 0.127 e. The summed E-state index contributed by atoms with van der Waals surface area (Å²) < 4.78 is 19.8. The molecule has 1 aromatic rings. The second-order valence-electron chi connectivity index (χ2n) is 6.97. The number of halogens is 1. The molecule has 2 aliphatic carbocycles. The minimum absolute atomic E-state index is 0.0164. The molecule has 1 spiro atoms. The van der Waals surface area contributed by atoms with Crippen molar-refractivity contribution in [3.63, 3.8) is 0 Å². The van der Waals surface area contributed by atoms with Gasteiger partial charge in [-0.25, -0.2) is 4.39 Å². The fraction of sp³-hybridized carbons (Fsp3) is 0.647. The van der Waals surface area contributed by atoms with E-state index < -0.39 is 0 Å². The Balaban J connectivity index is 1.63. The summed E-state index contributed by atoms with van der Waals surface area (Å²) in [6.07, 6.45) is 8.39. The lowest BCUT2D eigenvalue weighted by atomic mass is 9.71. The Bertz CT molecular complexity index is 528. The summed E-state index contributed by atoms with van der Waals surface area (Å²) in [6, 6.07) is 4.76.